The average molecular weight is 434 g/mol. The Morgan fingerprint density at radius 1 is 1.19 bits per heavy atom. The topological polar surface area (TPSA) is 56.1 Å². The zero-order valence-corrected chi connectivity index (χ0v) is 16.9. The third-order valence-corrected chi connectivity index (χ3v) is 5.81. The van der Waals surface area contributed by atoms with E-state index in [1.165, 1.54) is 5.56 Å². The molecule has 0 spiro atoms. The number of thioether (sulfide) groups is 1. The molecule has 0 radical (unpaired) electrons. The third kappa shape index (κ3) is 3.58. The first-order valence-electron chi connectivity index (χ1n) is 8.55. The molecule has 8 heteroatoms. The Bertz CT molecular complexity index is 882. The second kappa shape index (κ2) is 7.94. The average Bonchev–Trinajstić information content (AvgIpc) is 3.11. The molecule has 3 aromatic rings. The minimum absolute atomic E-state index is 0.173. The first kappa shape index (κ1) is 17.8. The van der Waals surface area contributed by atoms with Crippen molar-refractivity contribution in [2.24, 2.45) is 0 Å². The lowest BCUT2D eigenvalue weighted by Crippen LogP contribution is -2.37. The van der Waals surface area contributed by atoms with E-state index >= 15 is 0 Å². The summed E-state index contributed by atoms with van der Waals surface area (Å²) in [5.41, 5.74) is 2.11. The van der Waals surface area contributed by atoms with Crippen LogP contribution in [0, 0.1) is 0 Å². The van der Waals surface area contributed by atoms with Crippen molar-refractivity contribution in [3.05, 3.63) is 42.1 Å². The summed E-state index contributed by atoms with van der Waals surface area (Å²) in [4.78, 5) is 11.9. The van der Waals surface area contributed by atoms with Crippen LogP contribution in [0.25, 0.3) is 11.0 Å². The molecule has 1 unspecified atom stereocenters. The summed E-state index contributed by atoms with van der Waals surface area (Å²) in [5.74, 6) is 0.958. The number of fused-ring (bicyclic) bond motifs is 1. The minimum atomic E-state index is 0.173. The molecule has 3 heterocycles. The van der Waals surface area contributed by atoms with Gasteiger partial charge in [-0.05, 0) is 11.8 Å². The standard InChI is InChI=1S/C18H20BrN5OS/c1-26-18-21-16(23-7-9-25-10-8-23)14-11-20-24(17(14)22-18)12-15(19)13-5-3-2-4-6-13/h2-6,11,15H,7-10,12H2,1H3. The lowest BCUT2D eigenvalue weighted by Gasteiger charge is -2.28. The van der Waals surface area contributed by atoms with Gasteiger partial charge in [-0.1, -0.05) is 58.0 Å². The number of anilines is 1. The highest BCUT2D eigenvalue weighted by molar-refractivity contribution is 9.09. The predicted molar refractivity (Wildman–Crippen MR) is 108 cm³/mol. The zero-order valence-electron chi connectivity index (χ0n) is 14.5. The number of alkyl halides is 1. The molecule has 26 heavy (non-hydrogen) atoms. The van der Waals surface area contributed by atoms with Gasteiger partial charge in [0.05, 0.1) is 36.2 Å². The van der Waals surface area contributed by atoms with Crippen LogP contribution in [0.1, 0.15) is 10.4 Å². The molecular formula is C18H20BrN5OS. The van der Waals surface area contributed by atoms with Crippen LogP contribution in [-0.2, 0) is 11.3 Å². The second-order valence-electron chi connectivity index (χ2n) is 6.08. The van der Waals surface area contributed by atoms with Crippen molar-refractivity contribution in [2.45, 2.75) is 16.5 Å². The number of hydrogen-bond donors (Lipinski definition) is 0. The van der Waals surface area contributed by atoms with E-state index in [4.69, 9.17) is 14.7 Å². The molecular weight excluding hydrogens is 414 g/mol. The predicted octanol–water partition coefficient (Wildman–Crippen LogP) is 3.52. The smallest absolute Gasteiger partial charge is 0.191 e. The van der Waals surface area contributed by atoms with Crippen molar-refractivity contribution >= 4 is 44.5 Å². The molecule has 0 N–H and O–H groups in total. The Morgan fingerprint density at radius 3 is 2.69 bits per heavy atom. The summed E-state index contributed by atoms with van der Waals surface area (Å²) in [6.45, 7) is 3.85. The van der Waals surface area contributed by atoms with Gasteiger partial charge in [0.15, 0.2) is 10.8 Å². The molecule has 1 saturated heterocycles. The molecule has 136 valence electrons. The van der Waals surface area contributed by atoms with Crippen LogP contribution in [0.3, 0.4) is 0 Å². The number of hydrogen-bond acceptors (Lipinski definition) is 6. The van der Waals surface area contributed by atoms with Gasteiger partial charge in [0, 0.05) is 13.1 Å². The van der Waals surface area contributed by atoms with E-state index in [1.807, 2.05) is 23.2 Å². The van der Waals surface area contributed by atoms with Crippen LogP contribution < -0.4 is 4.90 Å². The molecule has 0 aliphatic carbocycles. The van der Waals surface area contributed by atoms with E-state index in [9.17, 15) is 0 Å². The first-order chi connectivity index (χ1) is 12.8. The zero-order chi connectivity index (χ0) is 17.9. The number of aromatic nitrogens is 4. The second-order valence-corrected chi connectivity index (χ2v) is 7.95. The largest absolute Gasteiger partial charge is 0.378 e. The van der Waals surface area contributed by atoms with Gasteiger partial charge in [-0.2, -0.15) is 5.10 Å². The fourth-order valence-corrected chi connectivity index (χ4v) is 4.02. The van der Waals surface area contributed by atoms with E-state index < -0.39 is 0 Å². The lowest BCUT2D eigenvalue weighted by molar-refractivity contribution is 0.122. The Kier molecular flexibility index (Phi) is 5.42. The maximum absolute atomic E-state index is 5.48. The van der Waals surface area contributed by atoms with Crippen molar-refractivity contribution in [3.63, 3.8) is 0 Å². The van der Waals surface area contributed by atoms with Crippen molar-refractivity contribution in [1.29, 1.82) is 0 Å². The van der Waals surface area contributed by atoms with Crippen LogP contribution >= 0.6 is 27.7 Å². The van der Waals surface area contributed by atoms with Crippen LogP contribution in [0.15, 0.2) is 41.7 Å². The monoisotopic (exact) mass is 433 g/mol. The normalized spacial score (nSPS) is 16.2. The molecule has 6 nitrogen and oxygen atoms in total. The fourth-order valence-electron chi connectivity index (χ4n) is 3.08. The van der Waals surface area contributed by atoms with Gasteiger partial charge in [-0.25, -0.2) is 14.6 Å². The summed E-state index contributed by atoms with van der Waals surface area (Å²) >= 11 is 5.34. The molecule has 0 saturated carbocycles. The summed E-state index contributed by atoms with van der Waals surface area (Å²) in [6, 6.07) is 10.4. The molecule has 1 aromatic carbocycles. The Morgan fingerprint density at radius 2 is 1.96 bits per heavy atom. The quantitative estimate of drug-likeness (QED) is 0.348. The highest BCUT2D eigenvalue weighted by atomic mass is 79.9. The highest BCUT2D eigenvalue weighted by Crippen LogP contribution is 2.30. The minimum Gasteiger partial charge on any atom is -0.378 e. The van der Waals surface area contributed by atoms with Gasteiger partial charge in [0.25, 0.3) is 0 Å². The molecule has 1 aliphatic heterocycles. The number of nitrogens with zero attached hydrogens (tertiary/aromatic N) is 5. The van der Waals surface area contributed by atoms with Crippen molar-refractivity contribution in [2.75, 3.05) is 37.5 Å². The van der Waals surface area contributed by atoms with Crippen LogP contribution in [-0.4, -0.2) is 52.3 Å². The van der Waals surface area contributed by atoms with E-state index in [2.05, 4.69) is 50.2 Å². The number of rotatable bonds is 5. The van der Waals surface area contributed by atoms with Crippen molar-refractivity contribution in [1.82, 2.24) is 19.7 Å². The molecule has 0 bridgehead atoms. The molecule has 1 fully saturated rings. The summed E-state index contributed by atoms with van der Waals surface area (Å²) in [6.07, 6.45) is 3.89. The lowest BCUT2D eigenvalue weighted by atomic mass is 10.1. The maximum Gasteiger partial charge on any atom is 0.191 e. The third-order valence-electron chi connectivity index (χ3n) is 4.44. The van der Waals surface area contributed by atoms with E-state index in [1.54, 1.807) is 11.8 Å². The SMILES string of the molecule is CSc1nc(N2CCOCC2)c2cnn(CC(Br)c3ccccc3)c2n1. The Hall–Kier alpha value is -1.64. The summed E-state index contributed by atoms with van der Waals surface area (Å²) < 4.78 is 7.44. The van der Waals surface area contributed by atoms with Gasteiger partial charge < -0.3 is 9.64 Å². The molecule has 2 aromatic heterocycles. The maximum atomic E-state index is 5.48. The Labute approximate surface area is 165 Å². The number of ether oxygens (including phenoxy) is 1. The molecule has 1 atom stereocenters. The van der Waals surface area contributed by atoms with Crippen molar-refractivity contribution in [3.8, 4) is 0 Å². The number of benzene rings is 1. The van der Waals surface area contributed by atoms with Gasteiger partial charge in [-0.15, -0.1) is 0 Å². The van der Waals surface area contributed by atoms with Crippen LogP contribution in [0.5, 0.6) is 0 Å². The van der Waals surface area contributed by atoms with E-state index in [0.717, 1.165) is 48.3 Å². The van der Waals surface area contributed by atoms with E-state index in [-0.39, 0.29) is 4.83 Å². The van der Waals surface area contributed by atoms with Gasteiger partial charge in [0.1, 0.15) is 5.82 Å². The number of morpholine rings is 1. The summed E-state index contributed by atoms with van der Waals surface area (Å²) in [7, 11) is 0. The summed E-state index contributed by atoms with van der Waals surface area (Å²) in [5, 5.41) is 6.38. The van der Waals surface area contributed by atoms with Crippen LogP contribution in [0.2, 0.25) is 0 Å². The molecule has 1 aliphatic rings. The van der Waals surface area contributed by atoms with Gasteiger partial charge >= 0.3 is 0 Å². The highest BCUT2D eigenvalue weighted by Gasteiger charge is 2.21. The first-order valence-corrected chi connectivity index (χ1v) is 10.7. The molecule has 0 amide bonds. The van der Waals surface area contributed by atoms with E-state index in [0.29, 0.717) is 6.54 Å². The van der Waals surface area contributed by atoms with Gasteiger partial charge in [0.2, 0.25) is 0 Å². The number of halogens is 1. The fraction of sp³-hybridized carbons (Fsp3) is 0.389. The van der Waals surface area contributed by atoms with Crippen LogP contribution in [0.4, 0.5) is 5.82 Å². The van der Waals surface area contributed by atoms with Gasteiger partial charge in [-0.3, -0.25) is 0 Å². The molecule has 4 rings (SSSR count). The Balaban J connectivity index is 1.70. The van der Waals surface area contributed by atoms with Crippen molar-refractivity contribution < 1.29 is 4.74 Å².